The normalized spacial score (nSPS) is 14.9. The van der Waals surface area contributed by atoms with Gasteiger partial charge in [-0.2, -0.15) is 0 Å². The highest BCUT2D eigenvalue weighted by Gasteiger charge is 2.29. The number of carbonyl (C=O) groups is 3. The maximum atomic E-state index is 13.5. The summed E-state index contributed by atoms with van der Waals surface area (Å²) in [6, 6.07) is 16.7. The van der Waals surface area contributed by atoms with Crippen molar-refractivity contribution in [1.82, 2.24) is 9.80 Å². The Bertz CT molecular complexity index is 970. The van der Waals surface area contributed by atoms with Crippen molar-refractivity contribution in [3.05, 3.63) is 65.7 Å². The van der Waals surface area contributed by atoms with E-state index in [9.17, 15) is 14.4 Å². The summed E-state index contributed by atoms with van der Waals surface area (Å²) in [5, 5.41) is 0. The van der Waals surface area contributed by atoms with Gasteiger partial charge in [0.2, 0.25) is 5.91 Å². The summed E-state index contributed by atoms with van der Waals surface area (Å²) in [6.07, 6.45) is 1.44. The number of ether oxygens (including phenoxy) is 2. The van der Waals surface area contributed by atoms with Crippen molar-refractivity contribution in [2.45, 2.75) is 39.2 Å². The molecule has 0 radical (unpaired) electrons. The van der Waals surface area contributed by atoms with E-state index in [0.717, 1.165) is 5.56 Å². The average Bonchev–Trinajstić information content (AvgIpc) is 2.89. The van der Waals surface area contributed by atoms with E-state index in [0.29, 0.717) is 50.4 Å². The Morgan fingerprint density at radius 2 is 1.76 bits per heavy atom. The van der Waals surface area contributed by atoms with Gasteiger partial charge < -0.3 is 19.3 Å². The minimum Gasteiger partial charge on any atom is -0.497 e. The Labute approximate surface area is 201 Å². The molecule has 182 valence electrons. The van der Waals surface area contributed by atoms with Crippen LogP contribution in [0, 0.1) is 5.92 Å². The molecule has 2 amide bonds. The predicted octanol–water partition coefficient (Wildman–Crippen LogP) is 4.09. The van der Waals surface area contributed by atoms with Crippen LogP contribution in [0.2, 0.25) is 0 Å². The van der Waals surface area contributed by atoms with Gasteiger partial charge in [-0.25, -0.2) is 0 Å². The largest absolute Gasteiger partial charge is 0.497 e. The summed E-state index contributed by atoms with van der Waals surface area (Å²) < 4.78 is 10.4. The molecule has 0 saturated carbocycles. The van der Waals surface area contributed by atoms with Gasteiger partial charge >= 0.3 is 5.97 Å². The number of piperidine rings is 1. The first-order valence-electron chi connectivity index (χ1n) is 11.9. The molecular formula is C27H34N2O5. The van der Waals surface area contributed by atoms with Gasteiger partial charge in [-0.05, 0) is 50.5 Å². The molecule has 0 bridgehead atoms. The van der Waals surface area contributed by atoms with E-state index >= 15 is 0 Å². The first kappa shape index (κ1) is 25.3. The third-order valence-electron chi connectivity index (χ3n) is 6.36. The Hall–Kier alpha value is -3.35. The Balaban J connectivity index is 1.69. The molecule has 0 spiro atoms. The molecular weight excluding hydrogens is 432 g/mol. The van der Waals surface area contributed by atoms with Gasteiger partial charge in [0.05, 0.1) is 25.7 Å². The van der Waals surface area contributed by atoms with Crippen molar-refractivity contribution in [3.8, 4) is 5.75 Å². The summed E-state index contributed by atoms with van der Waals surface area (Å²) in [4.78, 5) is 42.0. The minimum atomic E-state index is -0.206. The molecule has 1 aliphatic heterocycles. The Kier molecular flexibility index (Phi) is 9.08. The molecule has 3 rings (SSSR count). The smallest absolute Gasteiger partial charge is 0.309 e. The molecule has 7 heteroatoms. The van der Waals surface area contributed by atoms with E-state index in [1.54, 1.807) is 48.1 Å². The van der Waals surface area contributed by atoms with Crippen LogP contribution < -0.4 is 4.74 Å². The number of rotatable bonds is 9. The molecule has 1 unspecified atom stereocenters. The second kappa shape index (κ2) is 12.2. The van der Waals surface area contributed by atoms with Crippen molar-refractivity contribution >= 4 is 17.8 Å². The summed E-state index contributed by atoms with van der Waals surface area (Å²) in [6.45, 7) is 5.49. The second-order valence-corrected chi connectivity index (χ2v) is 8.47. The lowest BCUT2D eigenvalue weighted by Crippen LogP contribution is -2.42. The standard InChI is InChI=1S/C27H34N2O5/c1-4-34-27(32)22-13-16-28(17-14-22)25(30)15-18-29(20(2)21-9-6-5-7-10-21)26(31)23-11-8-12-24(19-23)33-3/h5-12,19-20,22H,4,13-18H2,1-3H3. The van der Waals surface area contributed by atoms with Gasteiger partial charge in [-0.1, -0.05) is 36.4 Å². The van der Waals surface area contributed by atoms with Crippen LogP contribution in [0.25, 0.3) is 0 Å². The van der Waals surface area contributed by atoms with E-state index in [-0.39, 0.29) is 36.2 Å². The lowest BCUT2D eigenvalue weighted by molar-refractivity contribution is -0.151. The minimum absolute atomic E-state index is 0.00832. The van der Waals surface area contributed by atoms with E-state index < -0.39 is 0 Å². The molecule has 0 aromatic heterocycles. The molecule has 1 heterocycles. The number of nitrogens with zero attached hydrogens (tertiary/aromatic N) is 2. The molecule has 2 aromatic rings. The van der Waals surface area contributed by atoms with Crippen molar-refractivity contribution in [1.29, 1.82) is 0 Å². The van der Waals surface area contributed by atoms with Crippen molar-refractivity contribution in [3.63, 3.8) is 0 Å². The lowest BCUT2D eigenvalue weighted by atomic mass is 9.97. The molecule has 1 fully saturated rings. The zero-order chi connectivity index (χ0) is 24.5. The predicted molar refractivity (Wildman–Crippen MR) is 129 cm³/mol. The van der Waals surface area contributed by atoms with Gasteiger partial charge in [0, 0.05) is 31.6 Å². The maximum Gasteiger partial charge on any atom is 0.309 e. The molecule has 2 aromatic carbocycles. The lowest BCUT2D eigenvalue weighted by Gasteiger charge is -2.33. The van der Waals surface area contributed by atoms with Crippen LogP contribution in [0.3, 0.4) is 0 Å². The number of benzene rings is 2. The van der Waals surface area contributed by atoms with Gasteiger partial charge in [-0.15, -0.1) is 0 Å². The van der Waals surface area contributed by atoms with Crippen LogP contribution in [0.1, 0.15) is 55.1 Å². The quantitative estimate of drug-likeness (QED) is 0.521. The monoisotopic (exact) mass is 466 g/mol. The third-order valence-corrected chi connectivity index (χ3v) is 6.36. The number of esters is 1. The van der Waals surface area contributed by atoms with Gasteiger partial charge in [0.15, 0.2) is 0 Å². The highest BCUT2D eigenvalue weighted by atomic mass is 16.5. The summed E-state index contributed by atoms with van der Waals surface area (Å²) >= 11 is 0. The molecule has 1 aliphatic rings. The zero-order valence-corrected chi connectivity index (χ0v) is 20.2. The first-order valence-corrected chi connectivity index (χ1v) is 11.9. The molecule has 1 atom stereocenters. The summed E-state index contributed by atoms with van der Waals surface area (Å²) in [5.74, 6) is 0.128. The van der Waals surface area contributed by atoms with Crippen LogP contribution in [0.5, 0.6) is 5.75 Å². The number of methoxy groups -OCH3 is 1. The van der Waals surface area contributed by atoms with Crippen molar-refractivity contribution in [2.75, 3.05) is 33.4 Å². The molecule has 7 nitrogen and oxygen atoms in total. The van der Waals surface area contributed by atoms with Crippen molar-refractivity contribution in [2.24, 2.45) is 5.92 Å². The van der Waals surface area contributed by atoms with E-state index in [1.165, 1.54) is 0 Å². The number of likely N-dealkylation sites (tertiary alicyclic amines) is 1. The molecule has 1 saturated heterocycles. The van der Waals surface area contributed by atoms with Crippen LogP contribution in [-0.2, 0) is 14.3 Å². The van der Waals surface area contributed by atoms with Gasteiger partial charge in [0.1, 0.15) is 5.75 Å². The van der Waals surface area contributed by atoms with Crippen LogP contribution in [-0.4, -0.2) is 60.9 Å². The van der Waals surface area contributed by atoms with Crippen LogP contribution in [0.15, 0.2) is 54.6 Å². The number of hydrogen-bond donors (Lipinski definition) is 0. The SMILES string of the molecule is CCOC(=O)C1CCN(C(=O)CCN(C(=O)c2cccc(OC)c2)C(C)c2ccccc2)CC1. The average molecular weight is 467 g/mol. The van der Waals surface area contributed by atoms with E-state index in [2.05, 4.69) is 0 Å². The highest BCUT2D eigenvalue weighted by molar-refractivity contribution is 5.95. The number of carbonyl (C=O) groups excluding carboxylic acids is 3. The highest BCUT2D eigenvalue weighted by Crippen LogP contribution is 2.25. The fourth-order valence-electron chi connectivity index (χ4n) is 4.30. The van der Waals surface area contributed by atoms with E-state index in [1.807, 2.05) is 37.3 Å². The number of amides is 2. The summed E-state index contributed by atoms with van der Waals surface area (Å²) in [5.41, 5.74) is 1.52. The third kappa shape index (κ3) is 6.37. The topological polar surface area (TPSA) is 76.2 Å². The van der Waals surface area contributed by atoms with Gasteiger partial charge in [-0.3, -0.25) is 14.4 Å². The van der Waals surface area contributed by atoms with Crippen LogP contribution in [0.4, 0.5) is 0 Å². The molecule has 0 aliphatic carbocycles. The first-order chi connectivity index (χ1) is 16.4. The zero-order valence-electron chi connectivity index (χ0n) is 20.2. The maximum absolute atomic E-state index is 13.5. The Morgan fingerprint density at radius 1 is 1.06 bits per heavy atom. The Morgan fingerprint density at radius 3 is 2.41 bits per heavy atom. The van der Waals surface area contributed by atoms with Crippen molar-refractivity contribution < 1.29 is 23.9 Å². The molecule has 0 N–H and O–H groups in total. The molecule has 34 heavy (non-hydrogen) atoms. The van der Waals surface area contributed by atoms with E-state index in [4.69, 9.17) is 9.47 Å². The summed E-state index contributed by atoms with van der Waals surface area (Å²) in [7, 11) is 1.57. The fourth-order valence-corrected chi connectivity index (χ4v) is 4.30. The van der Waals surface area contributed by atoms with Crippen LogP contribution >= 0.6 is 0 Å². The van der Waals surface area contributed by atoms with Gasteiger partial charge in [0.25, 0.3) is 5.91 Å². The number of hydrogen-bond acceptors (Lipinski definition) is 5. The fraction of sp³-hybridized carbons (Fsp3) is 0.444. The second-order valence-electron chi connectivity index (χ2n) is 8.47.